The number of para-hydroxylation sites is 1. The van der Waals surface area contributed by atoms with Gasteiger partial charge in [0.1, 0.15) is 5.01 Å². The molecule has 0 spiro atoms. The van der Waals surface area contributed by atoms with Crippen LogP contribution >= 0.6 is 23.1 Å². The summed E-state index contributed by atoms with van der Waals surface area (Å²) >= 11 is 3.88. The zero-order chi connectivity index (χ0) is 12.4. The lowest BCUT2D eigenvalue weighted by molar-refractivity contribution is 0.452. The molecule has 4 heteroatoms. The molecule has 2 atom stereocenters. The minimum Gasteiger partial charge on any atom is -0.305 e. The fourth-order valence-corrected chi connectivity index (χ4v) is 4.44. The first kappa shape index (κ1) is 12.5. The third-order valence-corrected chi connectivity index (χ3v) is 5.76. The first-order valence-corrected chi connectivity index (χ1v) is 8.49. The van der Waals surface area contributed by atoms with Gasteiger partial charge in [-0.2, -0.15) is 11.8 Å². The molecule has 0 amide bonds. The summed E-state index contributed by atoms with van der Waals surface area (Å²) in [7, 11) is 0. The van der Waals surface area contributed by atoms with Crippen molar-refractivity contribution >= 4 is 33.3 Å². The van der Waals surface area contributed by atoms with E-state index in [0.29, 0.717) is 12.1 Å². The molecule has 96 valence electrons. The number of thioether (sulfide) groups is 1. The van der Waals surface area contributed by atoms with Crippen LogP contribution in [0.25, 0.3) is 10.2 Å². The van der Waals surface area contributed by atoms with Crippen molar-refractivity contribution in [2.75, 3.05) is 11.5 Å². The fourth-order valence-electron chi connectivity index (χ4n) is 2.37. The van der Waals surface area contributed by atoms with Crippen molar-refractivity contribution in [3.05, 3.63) is 29.3 Å². The lowest BCUT2D eigenvalue weighted by atomic mass is 10.1. The molecule has 2 nitrogen and oxygen atoms in total. The van der Waals surface area contributed by atoms with Gasteiger partial charge >= 0.3 is 0 Å². The Kier molecular flexibility index (Phi) is 3.87. The summed E-state index contributed by atoms with van der Waals surface area (Å²) in [5.41, 5.74) is 1.13. The van der Waals surface area contributed by atoms with E-state index in [-0.39, 0.29) is 0 Å². The Bertz CT molecular complexity index is 484. The molecule has 1 N–H and O–H groups in total. The van der Waals surface area contributed by atoms with E-state index >= 15 is 0 Å². The van der Waals surface area contributed by atoms with Crippen molar-refractivity contribution in [2.24, 2.45) is 0 Å². The normalized spacial score (nSPS) is 22.2. The lowest BCUT2D eigenvalue weighted by Crippen LogP contribution is -2.35. The van der Waals surface area contributed by atoms with E-state index in [0.717, 1.165) is 5.52 Å². The van der Waals surface area contributed by atoms with Gasteiger partial charge in [0.05, 0.1) is 16.3 Å². The zero-order valence-corrected chi connectivity index (χ0v) is 12.2. The number of hydrogen-bond acceptors (Lipinski definition) is 4. The molecule has 1 aromatic carbocycles. The van der Waals surface area contributed by atoms with E-state index in [4.69, 9.17) is 4.98 Å². The minimum absolute atomic E-state index is 0.367. The summed E-state index contributed by atoms with van der Waals surface area (Å²) in [5, 5.41) is 4.94. The van der Waals surface area contributed by atoms with Gasteiger partial charge in [0.2, 0.25) is 0 Å². The Labute approximate surface area is 116 Å². The molecule has 1 saturated heterocycles. The number of aromatic nitrogens is 1. The molecule has 0 aliphatic carbocycles. The van der Waals surface area contributed by atoms with Gasteiger partial charge in [-0.25, -0.2) is 4.98 Å². The molecule has 2 aromatic rings. The van der Waals surface area contributed by atoms with Crippen molar-refractivity contribution in [3.63, 3.8) is 0 Å². The SMILES string of the molecule is CC(NC1CCCSC1)c1nc2ccccc2s1. The number of fused-ring (bicyclic) bond motifs is 1. The summed E-state index contributed by atoms with van der Waals surface area (Å²) in [6.07, 6.45) is 2.65. The molecule has 1 aliphatic rings. The van der Waals surface area contributed by atoms with E-state index in [1.807, 2.05) is 11.3 Å². The van der Waals surface area contributed by atoms with Crippen molar-refractivity contribution in [3.8, 4) is 0 Å². The number of rotatable bonds is 3. The van der Waals surface area contributed by atoms with Crippen LogP contribution in [0.1, 0.15) is 30.8 Å². The van der Waals surface area contributed by atoms with Gasteiger partial charge in [-0.1, -0.05) is 12.1 Å². The van der Waals surface area contributed by atoms with Crippen molar-refractivity contribution in [1.82, 2.24) is 10.3 Å². The van der Waals surface area contributed by atoms with Crippen LogP contribution in [0.2, 0.25) is 0 Å². The number of nitrogens with zero attached hydrogens (tertiary/aromatic N) is 1. The van der Waals surface area contributed by atoms with Crippen molar-refractivity contribution in [1.29, 1.82) is 0 Å². The molecule has 1 fully saturated rings. The van der Waals surface area contributed by atoms with Crippen LogP contribution in [0.15, 0.2) is 24.3 Å². The van der Waals surface area contributed by atoms with Gasteiger partial charge in [-0.15, -0.1) is 11.3 Å². The summed E-state index contributed by atoms with van der Waals surface area (Å²) in [5.74, 6) is 2.57. The summed E-state index contributed by atoms with van der Waals surface area (Å²) < 4.78 is 1.29. The maximum absolute atomic E-state index is 4.73. The molecular weight excluding hydrogens is 260 g/mol. The molecule has 2 heterocycles. The Balaban J connectivity index is 1.72. The van der Waals surface area contributed by atoms with Crippen molar-refractivity contribution < 1.29 is 0 Å². The third-order valence-electron chi connectivity index (χ3n) is 3.33. The Morgan fingerprint density at radius 1 is 1.39 bits per heavy atom. The predicted octanol–water partition coefficient (Wildman–Crippen LogP) is 3.84. The second-order valence-corrected chi connectivity index (χ2v) is 7.03. The molecule has 1 aromatic heterocycles. The van der Waals surface area contributed by atoms with Gasteiger partial charge in [-0.05, 0) is 37.7 Å². The maximum Gasteiger partial charge on any atom is 0.111 e. The number of hydrogen-bond donors (Lipinski definition) is 1. The average Bonchev–Trinajstić information content (AvgIpc) is 2.84. The topological polar surface area (TPSA) is 24.9 Å². The first-order valence-electron chi connectivity index (χ1n) is 6.52. The monoisotopic (exact) mass is 278 g/mol. The quantitative estimate of drug-likeness (QED) is 0.923. The van der Waals surface area contributed by atoms with Crippen LogP contribution in [-0.4, -0.2) is 22.5 Å². The van der Waals surface area contributed by atoms with Gasteiger partial charge in [0.25, 0.3) is 0 Å². The highest BCUT2D eigenvalue weighted by Gasteiger charge is 2.18. The molecule has 0 radical (unpaired) electrons. The van der Waals surface area contributed by atoms with Crippen molar-refractivity contribution in [2.45, 2.75) is 31.8 Å². The summed E-state index contributed by atoms with van der Waals surface area (Å²) in [4.78, 5) is 4.73. The standard InChI is InChI=1S/C14H18N2S2/c1-10(15-11-5-4-8-17-9-11)14-16-12-6-2-3-7-13(12)18-14/h2-3,6-7,10-11,15H,4-5,8-9H2,1H3. The van der Waals surface area contributed by atoms with Gasteiger partial charge in [-0.3, -0.25) is 0 Å². The molecule has 1 aliphatic heterocycles. The van der Waals surface area contributed by atoms with Crippen LogP contribution in [0.5, 0.6) is 0 Å². The third kappa shape index (κ3) is 2.71. The van der Waals surface area contributed by atoms with Gasteiger partial charge in [0, 0.05) is 11.8 Å². The summed E-state index contributed by atoms with van der Waals surface area (Å²) in [6, 6.07) is 9.41. The highest BCUT2D eigenvalue weighted by atomic mass is 32.2. The van der Waals surface area contributed by atoms with Crippen LogP contribution < -0.4 is 5.32 Å². The Morgan fingerprint density at radius 3 is 3.06 bits per heavy atom. The number of nitrogens with one attached hydrogen (secondary N) is 1. The number of benzene rings is 1. The van der Waals surface area contributed by atoms with Crippen LogP contribution in [0, 0.1) is 0 Å². The largest absolute Gasteiger partial charge is 0.305 e. The second kappa shape index (κ2) is 5.59. The highest BCUT2D eigenvalue weighted by molar-refractivity contribution is 7.99. The van der Waals surface area contributed by atoms with Gasteiger partial charge in [0.15, 0.2) is 0 Å². The van der Waals surface area contributed by atoms with Crippen LogP contribution in [-0.2, 0) is 0 Å². The molecule has 0 bridgehead atoms. The lowest BCUT2D eigenvalue weighted by Gasteiger charge is -2.25. The summed E-state index contributed by atoms with van der Waals surface area (Å²) in [6.45, 7) is 2.23. The molecule has 18 heavy (non-hydrogen) atoms. The van der Waals surface area contributed by atoms with E-state index in [1.165, 1.54) is 34.1 Å². The molecule has 3 rings (SSSR count). The van der Waals surface area contributed by atoms with Crippen LogP contribution in [0.3, 0.4) is 0 Å². The Morgan fingerprint density at radius 2 is 2.28 bits per heavy atom. The van der Waals surface area contributed by atoms with Gasteiger partial charge < -0.3 is 5.32 Å². The molecular formula is C14H18N2S2. The first-order chi connectivity index (χ1) is 8.83. The molecule has 0 saturated carbocycles. The predicted molar refractivity (Wildman–Crippen MR) is 81.5 cm³/mol. The highest BCUT2D eigenvalue weighted by Crippen LogP contribution is 2.27. The zero-order valence-electron chi connectivity index (χ0n) is 10.6. The minimum atomic E-state index is 0.367. The number of thiazole rings is 1. The second-order valence-electron chi connectivity index (χ2n) is 4.82. The average molecular weight is 278 g/mol. The van der Waals surface area contributed by atoms with E-state index in [1.54, 1.807) is 0 Å². The van der Waals surface area contributed by atoms with E-state index < -0.39 is 0 Å². The van der Waals surface area contributed by atoms with E-state index in [2.05, 4.69) is 48.3 Å². The fraction of sp³-hybridized carbons (Fsp3) is 0.500. The Hall–Kier alpha value is -0.580. The smallest absolute Gasteiger partial charge is 0.111 e. The van der Waals surface area contributed by atoms with Crippen LogP contribution in [0.4, 0.5) is 0 Å². The maximum atomic E-state index is 4.73. The molecule has 2 unspecified atom stereocenters. The van der Waals surface area contributed by atoms with E-state index in [9.17, 15) is 0 Å².